The Bertz CT molecular complexity index is 816. The van der Waals surface area contributed by atoms with Crippen LogP contribution in [0, 0.1) is 10.1 Å². The number of benzene rings is 2. The van der Waals surface area contributed by atoms with Gasteiger partial charge in [0.15, 0.2) is 0 Å². The van der Waals surface area contributed by atoms with Crippen LogP contribution in [0.15, 0.2) is 59.7 Å². The summed E-state index contributed by atoms with van der Waals surface area (Å²) in [7, 11) is 1.58. The lowest BCUT2D eigenvalue weighted by atomic mass is 10.2. The fourth-order valence-electron chi connectivity index (χ4n) is 2.02. The van der Waals surface area contributed by atoms with E-state index in [1.807, 2.05) is 0 Å². The van der Waals surface area contributed by atoms with Crippen molar-refractivity contribution >= 4 is 29.6 Å². The highest BCUT2D eigenvalue weighted by Crippen LogP contribution is 2.18. The van der Waals surface area contributed by atoms with Gasteiger partial charge in [0, 0.05) is 18.0 Å². The number of hydrogen-bond acceptors (Lipinski definition) is 6. The van der Waals surface area contributed by atoms with Crippen molar-refractivity contribution in [2.24, 2.45) is 5.10 Å². The second kappa shape index (κ2) is 9.58. The minimum absolute atomic E-state index is 0.00452. The molecule has 0 saturated carbocycles. The zero-order valence-corrected chi connectivity index (χ0v) is 14.1. The lowest BCUT2D eigenvalue weighted by molar-refractivity contribution is -0.385. The van der Waals surface area contributed by atoms with Crippen LogP contribution >= 0.6 is 0 Å². The molecule has 8 heteroatoms. The third-order valence-electron chi connectivity index (χ3n) is 3.30. The van der Waals surface area contributed by atoms with E-state index in [9.17, 15) is 14.9 Å². The molecule has 0 saturated heterocycles. The number of nitrogens with one attached hydrogen (secondary N) is 2. The largest absolute Gasteiger partial charge is 0.497 e. The highest BCUT2D eigenvalue weighted by Gasteiger charge is 2.08. The molecule has 2 rings (SSSR count). The van der Waals surface area contributed by atoms with Gasteiger partial charge in [-0.25, -0.2) is 5.43 Å². The SMILES string of the molecule is COc1ccc(NCC(=O)N/N=C/C=C/c2ccccc2[N+](=O)[O-])cc1. The summed E-state index contributed by atoms with van der Waals surface area (Å²) >= 11 is 0. The fourth-order valence-corrected chi connectivity index (χ4v) is 2.02. The minimum atomic E-state index is -0.455. The zero-order valence-electron chi connectivity index (χ0n) is 14.1. The molecular formula is C18H18N4O4. The summed E-state index contributed by atoms with van der Waals surface area (Å²) in [5.74, 6) is 0.409. The number of carbonyl (C=O) groups excluding carboxylic acids is 1. The molecule has 0 aliphatic heterocycles. The van der Waals surface area contributed by atoms with Crippen LogP contribution in [-0.2, 0) is 4.79 Å². The van der Waals surface area contributed by atoms with Crippen molar-refractivity contribution in [1.82, 2.24) is 5.43 Å². The molecule has 0 aromatic heterocycles. The number of allylic oxidation sites excluding steroid dienone is 1. The molecule has 0 radical (unpaired) electrons. The van der Waals surface area contributed by atoms with E-state index in [2.05, 4.69) is 15.8 Å². The van der Waals surface area contributed by atoms with Gasteiger partial charge in [-0.05, 0) is 42.5 Å². The van der Waals surface area contributed by atoms with E-state index >= 15 is 0 Å². The highest BCUT2D eigenvalue weighted by molar-refractivity contribution is 5.84. The van der Waals surface area contributed by atoms with E-state index in [1.54, 1.807) is 55.7 Å². The van der Waals surface area contributed by atoms with Gasteiger partial charge in [0.1, 0.15) is 5.75 Å². The van der Waals surface area contributed by atoms with E-state index in [0.29, 0.717) is 5.56 Å². The monoisotopic (exact) mass is 354 g/mol. The van der Waals surface area contributed by atoms with Gasteiger partial charge < -0.3 is 10.1 Å². The van der Waals surface area contributed by atoms with E-state index in [0.717, 1.165) is 11.4 Å². The van der Waals surface area contributed by atoms with Crippen molar-refractivity contribution in [3.63, 3.8) is 0 Å². The first kappa shape index (κ1) is 18.7. The summed E-state index contributed by atoms with van der Waals surface area (Å²) in [6.45, 7) is 0.0531. The van der Waals surface area contributed by atoms with Crippen molar-refractivity contribution < 1.29 is 14.5 Å². The molecule has 0 atom stereocenters. The molecule has 0 bridgehead atoms. The number of nitrogens with zero attached hydrogens (tertiary/aromatic N) is 2. The van der Waals surface area contributed by atoms with Crippen molar-refractivity contribution in [1.29, 1.82) is 0 Å². The molecule has 8 nitrogen and oxygen atoms in total. The van der Waals surface area contributed by atoms with Crippen molar-refractivity contribution in [2.75, 3.05) is 19.0 Å². The smallest absolute Gasteiger partial charge is 0.276 e. The van der Waals surface area contributed by atoms with E-state index in [4.69, 9.17) is 4.74 Å². The van der Waals surface area contributed by atoms with Gasteiger partial charge in [-0.2, -0.15) is 5.10 Å². The molecule has 2 aromatic carbocycles. The summed E-state index contributed by atoms with van der Waals surface area (Å²) in [5.41, 5.74) is 3.60. The number of anilines is 1. The first-order valence-corrected chi connectivity index (χ1v) is 7.70. The Morgan fingerprint density at radius 2 is 1.96 bits per heavy atom. The van der Waals surface area contributed by atoms with Crippen LogP contribution in [0.3, 0.4) is 0 Å². The summed E-state index contributed by atoms with van der Waals surface area (Å²) in [4.78, 5) is 22.1. The quantitative estimate of drug-likeness (QED) is 0.431. The number of hydrogen-bond donors (Lipinski definition) is 2. The molecule has 0 unspecified atom stereocenters. The molecule has 0 heterocycles. The summed E-state index contributed by atoms with van der Waals surface area (Å²) in [5, 5.41) is 17.6. The predicted molar refractivity (Wildman–Crippen MR) is 100 cm³/mol. The number of carbonyl (C=O) groups is 1. The van der Waals surface area contributed by atoms with Gasteiger partial charge in [0.2, 0.25) is 0 Å². The van der Waals surface area contributed by atoms with Crippen LogP contribution in [-0.4, -0.2) is 30.7 Å². The molecule has 0 fully saturated rings. The number of nitro groups is 1. The van der Waals surface area contributed by atoms with Crippen LogP contribution in [0.1, 0.15) is 5.56 Å². The standard InChI is InChI=1S/C18H18N4O4/c1-26-16-10-8-15(9-11-16)19-13-18(23)21-20-12-4-6-14-5-2-3-7-17(14)22(24)25/h2-12,19H,13H2,1H3,(H,21,23)/b6-4+,20-12+. The minimum Gasteiger partial charge on any atom is -0.497 e. The number of amides is 1. The van der Waals surface area contributed by atoms with Gasteiger partial charge in [0.05, 0.1) is 24.1 Å². The average Bonchev–Trinajstić information content (AvgIpc) is 2.66. The van der Waals surface area contributed by atoms with Crippen molar-refractivity contribution in [3.8, 4) is 5.75 Å². The number of methoxy groups -OCH3 is 1. The lowest BCUT2D eigenvalue weighted by Crippen LogP contribution is -2.25. The van der Waals surface area contributed by atoms with Gasteiger partial charge in [-0.1, -0.05) is 12.1 Å². The Labute approximate surface area is 150 Å². The lowest BCUT2D eigenvalue weighted by Gasteiger charge is -2.06. The maximum atomic E-state index is 11.7. The Hall–Kier alpha value is -3.68. The van der Waals surface area contributed by atoms with Gasteiger partial charge >= 0.3 is 0 Å². The number of rotatable bonds is 8. The second-order valence-electron chi connectivity index (χ2n) is 5.07. The Balaban J connectivity index is 1.79. The van der Waals surface area contributed by atoms with E-state index in [-0.39, 0.29) is 18.1 Å². The van der Waals surface area contributed by atoms with Gasteiger partial charge in [-0.3, -0.25) is 14.9 Å². The normalized spacial score (nSPS) is 10.8. The van der Waals surface area contributed by atoms with Crippen molar-refractivity contribution in [2.45, 2.75) is 0 Å². The molecule has 134 valence electrons. The Morgan fingerprint density at radius 1 is 1.23 bits per heavy atom. The van der Waals surface area contributed by atoms with E-state index < -0.39 is 4.92 Å². The molecular weight excluding hydrogens is 336 g/mol. The maximum absolute atomic E-state index is 11.7. The average molecular weight is 354 g/mol. The first-order valence-electron chi connectivity index (χ1n) is 7.70. The van der Waals surface area contributed by atoms with Crippen LogP contribution < -0.4 is 15.5 Å². The third-order valence-corrected chi connectivity index (χ3v) is 3.30. The first-order chi connectivity index (χ1) is 12.6. The molecule has 2 N–H and O–H groups in total. The van der Waals surface area contributed by atoms with Crippen LogP contribution in [0.25, 0.3) is 6.08 Å². The topological polar surface area (TPSA) is 106 Å². The molecule has 0 aliphatic rings. The summed E-state index contributed by atoms with van der Waals surface area (Å²) in [6.07, 6.45) is 4.41. The highest BCUT2D eigenvalue weighted by atomic mass is 16.6. The number of ether oxygens (including phenoxy) is 1. The second-order valence-corrected chi connectivity index (χ2v) is 5.07. The Kier molecular flexibility index (Phi) is 6.87. The molecule has 0 aliphatic carbocycles. The van der Waals surface area contributed by atoms with Crippen LogP contribution in [0.4, 0.5) is 11.4 Å². The van der Waals surface area contributed by atoms with Crippen molar-refractivity contribution in [3.05, 3.63) is 70.3 Å². The fraction of sp³-hybridized carbons (Fsp3) is 0.111. The Morgan fingerprint density at radius 3 is 2.65 bits per heavy atom. The van der Waals surface area contributed by atoms with Gasteiger partial charge in [0.25, 0.3) is 11.6 Å². The molecule has 1 amide bonds. The number of hydrazone groups is 1. The maximum Gasteiger partial charge on any atom is 0.276 e. The number of nitro benzene ring substituents is 1. The third kappa shape index (κ3) is 5.75. The molecule has 26 heavy (non-hydrogen) atoms. The van der Waals surface area contributed by atoms with Crippen LogP contribution in [0.5, 0.6) is 5.75 Å². The van der Waals surface area contributed by atoms with Gasteiger partial charge in [-0.15, -0.1) is 0 Å². The zero-order chi connectivity index (χ0) is 18.8. The summed E-state index contributed by atoms with van der Waals surface area (Å²) in [6, 6.07) is 13.5. The van der Waals surface area contributed by atoms with E-state index in [1.165, 1.54) is 18.4 Å². The predicted octanol–water partition coefficient (Wildman–Crippen LogP) is 2.83. The molecule has 2 aromatic rings. The summed E-state index contributed by atoms with van der Waals surface area (Å²) < 4.78 is 5.05. The molecule has 0 spiro atoms. The van der Waals surface area contributed by atoms with Crippen LogP contribution in [0.2, 0.25) is 0 Å². The number of para-hydroxylation sites is 1.